The first-order valence-corrected chi connectivity index (χ1v) is 11.5. The van der Waals surface area contributed by atoms with E-state index in [0.717, 1.165) is 57.2 Å². The van der Waals surface area contributed by atoms with Crippen molar-refractivity contribution in [3.63, 3.8) is 0 Å². The van der Waals surface area contributed by atoms with Crippen molar-refractivity contribution in [1.29, 1.82) is 0 Å². The maximum absolute atomic E-state index is 13.3. The number of piperidine rings is 1. The number of thioether (sulfide) groups is 1. The molecule has 4 rings (SSSR count). The standard InChI is InChI=1S/C21H28FN5O2S/c1-15-7-9-26(10-8-15)20-24-25-21(27(20)13-18-6-3-11-29-18)30-14-19(28)23-17-5-2-4-16(22)12-17/h2,4-5,12,15,18H,3,6-11,13-14H2,1H3,(H,23,28)/t18-/m0/s1. The number of halogens is 1. The molecule has 0 saturated carbocycles. The number of carbonyl (C=O) groups is 1. The van der Waals surface area contributed by atoms with Gasteiger partial charge in [-0.1, -0.05) is 24.8 Å². The van der Waals surface area contributed by atoms with Crippen LogP contribution in [0.3, 0.4) is 0 Å². The minimum atomic E-state index is -0.378. The molecule has 1 atom stereocenters. The van der Waals surface area contributed by atoms with E-state index < -0.39 is 0 Å². The highest BCUT2D eigenvalue weighted by Gasteiger charge is 2.26. The number of rotatable bonds is 7. The van der Waals surface area contributed by atoms with Crippen molar-refractivity contribution >= 4 is 29.3 Å². The molecule has 30 heavy (non-hydrogen) atoms. The second-order valence-electron chi connectivity index (χ2n) is 8.04. The van der Waals surface area contributed by atoms with Gasteiger partial charge in [0.25, 0.3) is 0 Å². The van der Waals surface area contributed by atoms with Gasteiger partial charge in [-0.15, -0.1) is 10.2 Å². The maximum atomic E-state index is 13.3. The fourth-order valence-electron chi connectivity index (χ4n) is 3.88. The van der Waals surface area contributed by atoms with Crippen LogP contribution in [-0.4, -0.2) is 52.2 Å². The van der Waals surface area contributed by atoms with Gasteiger partial charge in [-0.05, 0) is 49.8 Å². The van der Waals surface area contributed by atoms with Gasteiger partial charge < -0.3 is 15.0 Å². The Labute approximate surface area is 180 Å². The van der Waals surface area contributed by atoms with Crippen molar-refractivity contribution in [2.45, 2.75) is 50.4 Å². The zero-order valence-corrected chi connectivity index (χ0v) is 18.0. The van der Waals surface area contributed by atoms with E-state index in [4.69, 9.17) is 4.74 Å². The summed E-state index contributed by atoms with van der Waals surface area (Å²) in [6, 6.07) is 5.89. The third-order valence-electron chi connectivity index (χ3n) is 5.61. The Balaban J connectivity index is 1.44. The number of anilines is 2. The summed E-state index contributed by atoms with van der Waals surface area (Å²) in [6.45, 7) is 5.71. The first-order valence-electron chi connectivity index (χ1n) is 10.6. The quantitative estimate of drug-likeness (QED) is 0.673. The van der Waals surface area contributed by atoms with E-state index in [1.807, 2.05) is 0 Å². The smallest absolute Gasteiger partial charge is 0.234 e. The van der Waals surface area contributed by atoms with Crippen molar-refractivity contribution in [1.82, 2.24) is 14.8 Å². The lowest BCUT2D eigenvalue weighted by molar-refractivity contribution is -0.113. The number of hydrogen-bond acceptors (Lipinski definition) is 6. The summed E-state index contributed by atoms with van der Waals surface area (Å²) in [5, 5.41) is 12.3. The van der Waals surface area contributed by atoms with Crippen LogP contribution in [-0.2, 0) is 16.1 Å². The minimum absolute atomic E-state index is 0.156. The van der Waals surface area contributed by atoms with Crippen LogP contribution in [0.4, 0.5) is 16.0 Å². The molecule has 0 radical (unpaired) electrons. The number of hydrogen-bond donors (Lipinski definition) is 1. The molecule has 9 heteroatoms. The van der Waals surface area contributed by atoms with Crippen LogP contribution >= 0.6 is 11.8 Å². The molecule has 1 amide bonds. The monoisotopic (exact) mass is 433 g/mol. The maximum Gasteiger partial charge on any atom is 0.234 e. The molecule has 2 aromatic rings. The normalized spacial score (nSPS) is 19.9. The predicted molar refractivity (Wildman–Crippen MR) is 115 cm³/mol. The zero-order chi connectivity index (χ0) is 20.9. The number of nitrogens with one attached hydrogen (secondary N) is 1. The molecular weight excluding hydrogens is 405 g/mol. The number of carbonyl (C=O) groups excluding carboxylic acids is 1. The van der Waals surface area contributed by atoms with Crippen molar-refractivity contribution in [3.8, 4) is 0 Å². The van der Waals surface area contributed by atoms with Crippen molar-refractivity contribution in [2.75, 3.05) is 35.7 Å². The highest BCUT2D eigenvalue weighted by atomic mass is 32.2. The molecule has 1 N–H and O–H groups in total. The summed E-state index contributed by atoms with van der Waals surface area (Å²) in [5.41, 5.74) is 0.449. The third kappa shape index (κ3) is 5.31. The molecule has 1 aromatic carbocycles. The van der Waals surface area contributed by atoms with Crippen molar-refractivity contribution in [2.24, 2.45) is 5.92 Å². The van der Waals surface area contributed by atoms with Crippen LogP contribution < -0.4 is 10.2 Å². The zero-order valence-electron chi connectivity index (χ0n) is 17.2. The highest BCUT2D eigenvalue weighted by Crippen LogP contribution is 2.28. The molecule has 2 fully saturated rings. The summed E-state index contributed by atoms with van der Waals surface area (Å²) < 4.78 is 21.3. The topological polar surface area (TPSA) is 72.3 Å². The fourth-order valence-corrected chi connectivity index (χ4v) is 4.62. The number of benzene rings is 1. The first-order chi connectivity index (χ1) is 14.6. The van der Waals surface area contributed by atoms with Gasteiger partial charge in [-0.25, -0.2) is 4.39 Å². The van der Waals surface area contributed by atoms with E-state index in [-0.39, 0.29) is 23.6 Å². The van der Waals surface area contributed by atoms with Crippen LogP contribution in [0.1, 0.15) is 32.6 Å². The molecule has 0 unspecified atom stereocenters. The average molecular weight is 434 g/mol. The number of aromatic nitrogens is 3. The Morgan fingerprint density at radius 1 is 1.30 bits per heavy atom. The van der Waals surface area contributed by atoms with Crippen molar-refractivity contribution in [3.05, 3.63) is 30.1 Å². The Morgan fingerprint density at radius 3 is 2.87 bits per heavy atom. The highest BCUT2D eigenvalue weighted by molar-refractivity contribution is 7.99. The number of ether oxygens (including phenoxy) is 1. The van der Waals surface area contributed by atoms with E-state index >= 15 is 0 Å². The van der Waals surface area contributed by atoms with Crippen LogP contribution in [0.25, 0.3) is 0 Å². The van der Waals surface area contributed by atoms with Gasteiger partial charge in [0.15, 0.2) is 5.16 Å². The Bertz CT molecular complexity index is 863. The lowest BCUT2D eigenvalue weighted by atomic mass is 10.00. The lowest BCUT2D eigenvalue weighted by Gasteiger charge is -2.31. The summed E-state index contributed by atoms with van der Waals surface area (Å²) >= 11 is 1.35. The summed E-state index contributed by atoms with van der Waals surface area (Å²) in [7, 11) is 0. The Kier molecular flexibility index (Phi) is 6.89. The van der Waals surface area contributed by atoms with Gasteiger partial charge in [0, 0.05) is 25.4 Å². The van der Waals surface area contributed by atoms with Gasteiger partial charge in [-0.2, -0.15) is 0 Å². The van der Waals surface area contributed by atoms with Crippen LogP contribution in [0.5, 0.6) is 0 Å². The van der Waals surface area contributed by atoms with E-state index in [9.17, 15) is 9.18 Å². The summed E-state index contributed by atoms with van der Waals surface area (Å²) in [5.74, 6) is 1.20. The van der Waals surface area contributed by atoms with E-state index in [0.29, 0.717) is 17.4 Å². The molecule has 7 nitrogen and oxygen atoms in total. The molecule has 2 saturated heterocycles. The molecule has 0 bridgehead atoms. The molecular formula is C21H28FN5O2S. The molecule has 3 heterocycles. The molecule has 162 valence electrons. The molecule has 1 aromatic heterocycles. The lowest BCUT2D eigenvalue weighted by Crippen LogP contribution is -2.35. The van der Waals surface area contributed by atoms with E-state index in [2.05, 4.69) is 31.9 Å². The minimum Gasteiger partial charge on any atom is -0.376 e. The van der Waals surface area contributed by atoms with Crippen LogP contribution in [0.2, 0.25) is 0 Å². The van der Waals surface area contributed by atoms with Gasteiger partial charge in [0.2, 0.25) is 11.9 Å². The van der Waals surface area contributed by atoms with E-state index in [1.54, 1.807) is 12.1 Å². The SMILES string of the molecule is CC1CCN(c2nnc(SCC(=O)Nc3cccc(F)c3)n2C[C@@H]2CCCO2)CC1. The van der Waals surface area contributed by atoms with Gasteiger partial charge >= 0.3 is 0 Å². The van der Waals surface area contributed by atoms with Gasteiger partial charge in [0.05, 0.1) is 18.4 Å². The summed E-state index contributed by atoms with van der Waals surface area (Å²) in [6.07, 6.45) is 4.54. The molecule has 0 spiro atoms. The summed E-state index contributed by atoms with van der Waals surface area (Å²) in [4.78, 5) is 14.6. The third-order valence-corrected chi connectivity index (χ3v) is 6.58. The Morgan fingerprint density at radius 2 is 2.13 bits per heavy atom. The predicted octanol–water partition coefficient (Wildman–Crippen LogP) is 3.56. The second kappa shape index (κ2) is 9.78. The van der Waals surface area contributed by atoms with Gasteiger partial charge in [-0.3, -0.25) is 9.36 Å². The van der Waals surface area contributed by atoms with E-state index in [1.165, 1.54) is 23.9 Å². The van der Waals surface area contributed by atoms with Crippen LogP contribution in [0.15, 0.2) is 29.4 Å². The first kappa shape index (κ1) is 21.1. The molecule has 0 aliphatic carbocycles. The number of nitrogens with zero attached hydrogens (tertiary/aromatic N) is 4. The Hall–Kier alpha value is -2.13. The fraction of sp³-hybridized carbons (Fsp3) is 0.571. The second-order valence-corrected chi connectivity index (χ2v) is 8.99. The largest absolute Gasteiger partial charge is 0.376 e. The molecule has 2 aliphatic rings. The van der Waals surface area contributed by atoms with Gasteiger partial charge in [0.1, 0.15) is 5.82 Å². The molecule has 2 aliphatic heterocycles. The van der Waals surface area contributed by atoms with Crippen molar-refractivity contribution < 1.29 is 13.9 Å². The average Bonchev–Trinajstić information content (AvgIpc) is 3.38. The number of amides is 1. The van der Waals surface area contributed by atoms with Crippen LogP contribution in [0, 0.1) is 11.7 Å².